The van der Waals surface area contributed by atoms with E-state index in [1.54, 1.807) is 14.1 Å². The van der Waals surface area contributed by atoms with E-state index in [9.17, 15) is 9.90 Å². The molecule has 1 atom stereocenters. The molecule has 0 spiro atoms. The fourth-order valence-corrected chi connectivity index (χ4v) is 3.51. The smallest absolute Gasteiger partial charge is 0.257 e. The number of aliphatic hydroxyl groups is 1. The topological polar surface area (TPSA) is 62.8 Å². The number of benzene rings is 2. The van der Waals surface area contributed by atoms with Gasteiger partial charge in [0, 0.05) is 26.7 Å². The molecule has 0 aliphatic carbocycles. The van der Waals surface area contributed by atoms with Crippen molar-refractivity contribution in [2.75, 3.05) is 14.1 Å². The molecular formula is C21H22N4O2. The molecule has 0 aliphatic rings. The Morgan fingerprint density at radius 3 is 2.48 bits per heavy atom. The molecule has 0 aliphatic heterocycles. The molecule has 6 heteroatoms. The van der Waals surface area contributed by atoms with Crippen LogP contribution in [0.1, 0.15) is 17.4 Å². The predicted octanol–water partition coefficient (Wildman–Crippen LogP) is 2.92. The Morgan fingerprint density at radius 1 is 1.11 bits per heavy atom. The summed E-state index contributed by atoms with van der Waals surface area (Å²) in [5.74, 6) is 0.314. The SMILES string of the molecule is Cc1ccc2c(c1)n1c(C(O)C(=O)N(C)C)c(-c3ccccc3)nc1n2C. The van der Waals surface area contributed by atoms with Crippen molar-refractivity contribution < 1.29 is 9.90 Å². The summed E-state index contributed by atoms with van der Waals surface area (Å²) in [7, 11) is 5.22. The fraction of sp³-hybridized carbons (Fsp3) is 0.238. The van der Waals surface area contributed by atoms with Crippen LogP contribution in [0.15, 0.2) is 48.5 Å². The summed E-state index contributed by atoms with van der Waals surface area (Å²) in [5.41, 5.74) is 4.99. The third kappa shape index (κ3) is 2.61. The number of hydrogen-bond donors (Lipinski definition) is 1. The molecule has 1 N–H and O–H groups in total. The summed E-state index contributed by atoms with van der Waals surface area (Å²) in [4.78, 5) is 18.8. The normalized spacial score (nSPS) is 12.6. The first-order valence-electron chi connectivity index (χ1n) is 8.82. The molecule has 0 saturated carbocycles. The van der Waals surface area contributed by atoms with Crippen molar-refractivity contribution in [1.82, 2.24) is 18.9 Å². The van der Waals surface area contributed by atoms with Gasteiger partial charge in [0.15, 0.2) is 6.10 Å². The van der Waals surface area contributed by atoms with E-state index in [1.807, 2.05) is 65.4 Å². The van der Waals surface area contributed by atoms with Gasteiger partial charge >= 0.3 is 0 Å². The van der Waals surface area contributed by atoms with Crippen molar-refractivity contribution in [3.05, 3.63) is 59.8 Å². The lowest BCUT2D eigenvalue weighted by atomic mass is 10.1. The van der Waals surface area contributed by atoms with E-state index in [0.717, 1.165) is 22.2 Å². The average Bonchev–Trinajstić information content (AvgIpc) is 3.17. The van der Waals surface area contributed by atoms with Gasteiger partial charge in [-0.15, -0.1) is 0 Å². The number of rotatable bonds is 3. The summed E-state index contributed by atoms with van der Waals surface area (Å²) in [6.45, 7) is 2.02. The van der Waals surface area contributed by atoms with E-state index in [0.29, 0.717) is 17.2 Å². The highest BCUT2D eigenvalue weighted by molar-refractivity contribution is 5.88. The van der Waals surface area contributed by atoms with Crippen molar-refractivity contribution in [3.8, 4) is 11.3 Å². The zero-order valence-corrected chi connectivity index (χ0v) is 15.8. The molecular weight excluding hydrogens is 340 g/mol. The first-order valence-corrected chi connectivity index (χ1v) is 8.82. The molecule has 2 aromatic carbocycles. The third-order valence-corrected chi connectivity index (χ3v) is 4.91. The van der Waals surface area contributed by atoms with Crippen molar-refractivity contribution >= 4 is 22.7 Å². The van der Waals surface area contributed by atoms with Gasteiger partial charge in [0.2, 0.25) is 5.78 Å². The van der Waals surface area contributed by atoms with E-state index in [4.69, 9.17) is 4.98 Å². The maximum absolute atomic E-state index is 12.6. The summed E-state index contributed by atoms with van der Waals surface area (Å²) < 4.78 is 3.88. The molecule has 4 aromatic rings. The summed E-state index contributed by atoms with van der Waals surface area (Å²) in [5, 5.41) is 11.0. The molecule has 2 aromatic heterocycles. The number of hydrogen-bond acceptors (Lipinski definition) is 3. The van der Waals surface area contributed by atoms with E-state index >= 15 is 0 Å². The number of nitrogens with zero attached hydrogens (tertiary/aromatic N) is 4. The monoisotopic (exact) mass is 362 g/mol. The second-order valence-electron chi connectivity index (χ2n) is 7.03. The number of aryl methyl sites for hydroxylation is 2. The van der Waals surface area contributed by atoms with Crippen LogP contribution in [0.5, 0.6) is 0 Å². The molecule has 0 fully saturated rings. The van der Waals surface area contributed by atoms with Crippen LogP contribution in [0.3, 0.4) is 0 Å². The van der Waals surface area contributed by atoms with Gasteiger partial charge in [-0.3, -0.25) is 9.20 Å². The van der Waals surface area contributed by atoms with Gasteiger partial charge in [0.25, 0.3) is 5.91 Å². The van der Waals surface area contributed by atoms with E-state index < -0.39 is 6.10 Å². The fourth-order valence-electron chi connectivity index (χ4n) is 3.51. The van der Waals surface area contributed by atoms with Crippen LogP contribution >= 0.6 is 0 Å². The van der Waals surface area contributed by atoms with Crippen LogP contribution in [-0.4, -0.2) is 44.0 Å². The summed E-state index contributed by atoms with van der Waals surface area (Å²) in [6, 6.07) is 15.8. The maximum Gasteiger partial charge on any atom is 0.257 e. The number of likely N-dealkylation sites (N-methyl/N-ethyl adjacent to an activating group) is 1. The number of aromatic nitrogens is 3. The standard InChI is InChI=1S/C21H22N4O2/c1-13-10-11-15-16(12-13)25-18(19(26)20(27)23(2)3)17(22-21(25)24(15)4)14-8-6-5-7-9-14/h5-12,19,26H,1-4H3. The number of carbonyl (C=O) groups is 1. The Balaban J connectivity index is 2.12. The molecule has 138 valence electrons. The van der Waals surface area contributed by atoms with Crippen LogP contribution in [-0.2, 0) is 11.8 Å². The molecule has 2 heterocycles. The van der Waals surface area contributed by atoms with Gasteiger partial charge in [-0.25, -0.2) is 4.98 Å². The number of amides is 1. The van der Waals surface area contributed by atoms with Gasteiger partial charge in [-0.2, -0.15) is 0 Å². The number of imidazole rings is 2. The van der Waals surface area contributed by atoms with Crippen LogP contribution in [0.25, 0.3) is 28.1 Å². The van der Waals surface area contributed by atoms with Crippen molar-refractivity contribution in [1.29, 1.82) is 0 Å². The molecule has 1 unspecified atom stereocenters. The quantitative estimate of drug-likeness (QED) is 0.609. The van der Waals surface area contributed by atoms with Gasteiger partial charge in [-0.05, 0) is 24.6 Å². The third-order valence-electron chi connectivity index (χ3n) is 4.91. The minimum atomic E-state index is -1.31. The van der Waals surface area contributed by atoms with Crippen LogP contribution < -0.4 is 0 Å². The Hall–Kier alpha value is -3.12. The van der Waals surface area contributed by atoms with Crippen molar-refractivity contribution in [2.24, 2.45) is 7.05 Å². The summed E-state index contributed by atoms with van der Waals surface area (Å²) in [6.07, 6.45) is -1.31. The minimum absolute atomic E-state index is 0.376. The highest BCUT2D eigenvalue weighted by atomic mass is 16.3. The first-order chi connectivity index (χ1) is 12.9. The van der Waals surface area contributed by atoms with E-state index in [2.05, 4.69) is 6.07 Å². The van der Waals surface area contributed by atoms with Gasteiger partial charge in [0.1, 0.15) is 0 Å². The van der Waals surface area contributed by atoms with Gasteiger partial charge in [-0.1, -0.05) is 36.4 Å². The first kappa shape index (κ1) is 17.3. The lowest BCUT2D eigenvalue weighted by Crippen LogP contribution is -2.29. The second kappa shape index (κ2) is 6.25. The minimum Gasteiger partial charge on any atom is -0.377 e. The average molecular weight is 362 g/mol. The van der Waals surface area contributed by atoms with E-state index in [-0.39, 0.29) is 5.91 Å². The van der Waals surface area contributed by atoms with Gasteiger partial charge < -0.3 is 14.6 Å². The lowest BCUT2D eigenvalue weighted by Gasteiger charge is -2.17. The highest BCUT2D eigenvalue weighted by Crippen LogP contribution is 2.33. The highest BCUT2D eigenvalue weighted by Gasteiger charge is 2.30. The molecule has 6 nitrogen and oxygen atoms in total. The zero-order chi connectivity index (χ0) is 19.3. The molecule has 1 amide bonds. The number of carbonyl (C=O) groups excluding carboxylic acids is 1. The van der Waals surface area contributed by atoms with Crippen molar-refractivity contribution in [3.63, 3.8) is 0 Å². The Bertz CT molecular complexity index is 1160. The Kier molecular flexibility index (Phi) is 4.00. The molecule has 0 radical (unpaired) electrons. The van der Waals surface area contributed by atoms with Crippen LogP contribution in [0, 0.1) is 6.92 Å². The second-order valence-corrected chi connectivity index (χ2v) is 7.03. The van der Waals surface area contributed by atoms with Crippen LogP contribution in [0.4, 0.5) is 0 Å². The van der Waals surface area contributed by atoms with Crippen LogP contribution in [0.2, 0.25) is 0 Å². The van der Waals surface area contributed by atoms with E-state index in [1.165, 1.54) is 4.90 Å². The molecule has 4 rings (SSSR count). The number of aliphatic hydroxyl groups excluding tert-OH is 1. The zero-order valence-electron chi connectivity index (χ0n) is 15.8. The molecule has 0 bridgehead atoms. The predicted molar refractivity (Wildman–Crippen MR) is 105 cm³/mol. The molecule has 0 saturated heterocycles. The molecule has 27 heavy (non-hydrogen) atoms. The van der Waals surface area contributed by atoms with Crippen molar-refractivity contribution in [2.45, 2.75) is 13.0 Å². The largest absolute Gasteiger partial charge is 0.377 e. The lowest BCUT2D eigenvalue weighted by molar-refractivity contribution is -0.138. The number of fused-ring (bicyclic) bond motifs is 3. The summed E-state index contributed by atoms with van der Waals surface area (Å²) >= 11 is 0. The Labute approximate surface area is 157 Å². The maximum atomic E-state index is 12.6. The van der Waals surface area contributed by atoms with Gasteiger partial charge in [0.05, 0.1) is 22.4 Å². The Morgan fingerprint density at radius 2 is 1.81 bits per heavy atom.